The van der Waals surface area contributed by atoms with E-state index in [0.29, 0.717) is 11.8 Å². The molecule has 1 aromatic rings. The molecule has 0 radical (unpaired) electrons. The fourth-order valence-corrected chi connectivity index (χ4v) is 4.88. The third-order valence-corrected chi connectivity index (χ3v) is 6.38. The van der Waals surface area contributed by atoms with Crippen molar-refractivity contribution >= 4 is 17.4 Å². The molecule has 4 heteroatoms. The highest BCUT2D eigenvalue weighted by atomic mass is 35.5. The van der Waals surface area contributed by atoms with E-state index in [0.717, 1.165) is 17.9 Å². The van der Waals surface area contributed by atoms with Crippen LogP contribution in [0.25, 0.3) is 0 Å². The van der Waals surface area contributed by atoms with Crippen LogP contribution in [0.3, 0.4) is 0 Å². The lowest BCUT2D eigenvalue weighted by atomic mass is 9.69. The van der Waals surface area contributed by atoms with Gasteiger partial charge in [-0.1, -0.05) is 75.1 Å². The quantitative estimate of drug-likeness (QED) is 0.674. The highest BCUT2D eigenvalue weighted by Gasteiger charge is 2.41. The van der Waals surface area contributed by atoms with E-state index in [2.05, 4.69) is 18.2 Å². The summed E-state index contributed by atoms with van der Waals surface area (Å²) in [6.45, 7) is 0. The van der Waals surface area contributed by atoms with Crippen LogP contribution in [0.5, 0.6) is 0 Å². The zero-order valence-electron chi connectivity index (χ0n) is 15.5. The van der Waals surface area contributed by atoms with Crippen molar-refractivity contribution in [3.8, 4) is 6.07 Å². The largest absolute Gasteiger partial charge is 0.386 e. The molecule has 0 saturated heterocycles. The minimum atomic E-state index is -0.328. The number of nitrogens with two attached hydrogens (primary N) is 1. The van der Waals surface area contributed by atoms with Gasteiger partial charge in [0.05, 0.1) is 12.1 Å². The standard InChI is InChI=1S/C22H30ClN3/c23-17-13-11-16(12-14-17)21-18-9-7-5-3-1-2-4-6-8-10-20(18)26-22(25)19(21)15-24/h11-14,18-21H,1-10H2,(H2,25,26). The smallest absolute Gasteiger partial charge is 0.112 e. The zero-order chi connectivity index (χ0) is 18.4. The second-order valence-electron chi connectivity index (χ2n) is 7.88. The van der Waals surface area contributed by atoms with Crippen LogP contribution >= 0.6 is 11.6 Å². The minimum absolute atomic E-state index is 0.128. The number of hydrogen-bond acceptors (Lipinski definition) is 3. The average molecular weight is 372 g/mol. The molecule has 1 heterocycles. The number of nitrogens with zero attached hydrogens (tertiary/aromatic N) is 2. The first-order valence-electron chi connectivity index (χ1n) is 10.2. The Morgan fingerprint density at radius 1 is 0.923 bits per heavy atom. The summed E-state index contributed by atoms with van der Waals surface area (Å²) in [5.41, 5.74) is 7.45. The van der Waals surface area contributed by atoms with Gasteiger partial charge in [-0.2, -0.15) is 5.26 Å². The molecule has 140 valence electrons. The van der Waals surface area contributed by atoms with Gasteiger partial charge >= 0.3 is 0 Å². The third-order valence-electron chi connectivity index (χ3n) is 6.13. The van der Waals surface area contributed by atoms with Gasteiger partial charge in [-0.3, -0.25) is 4.99 Å². The summed E-state index contributed by atoms with van der Waals surface area (Å²) in [4.78, 5) is 4.82. The number of hydrogen-bond donors (Lipinski definition) is 1. The van der Waals surface area contributed by atoms with Gasteiger partial charge in [-0.15, -0.1) is 0 Å². The van der Waals surface area contributed by atoms with E-state index < -0.39 is 0 Å². The van der Waals surface area contributed by atoms with E-state index in [1.165, 1.54) is 56.9 Å². The summed E-state index contributed by atoms with van der Waals surface area (Å²) in [7, 11) is 0. The minimum Gasteiger partial charge on any atom is -0.386 e. The van der Waals surface area contributed by atoms with Crippen LogP contribution in [0.15, 0.2) is 29.3 Å². The van der Waals surface area contributed by atoms with Crippen molar-refractivity contribution in [1.82, 2.24) is 0 Å². The molecule has 1 aliphatic heterocycles. The number of amidine groups is 1. The van der Waals surface area contributed by atoms with Crippen molar-refractivity contribution in [2.75, 3.05) is 0 Å². The lowest BCUT2D eigenvalue weighted by Crippen LogP contribution is -2.42. The maximum Gasteiger partial charge on any atom is 0.112 e. The second-order valence-corrected chi connectivity index (χ2v) is 8.31. The van der Waals surface area contributed by atoms with Crippen molar-refractivity contribution in [3.63, 3.8) is 0 Å². The number of aliphatic imine (C=N–C) groups is 1. The molecular weight excluding hydrogens is 342 g/mol. The van der Waals surface area contributed by atoms with E-state index in [1.807, 2.05) is 12.1 Å². The predicted octanol–water partition coefficient (Wildman–Crippen LogP) is 5.83. The van der Waals surface area contributed by atoms with Crippen molar-refractivity contribution < 1.29 is 0 Å². The van der Waals surface area contributed by atoms with Crippen molar-refractivity contribution in [2.24, 2.45) is 22.6 Å². The Balaban J connectivity index is 1.91. The van der Waals surface area contributed by atoms with Crippen LogP contribution in [-0.2, 0) is 0 Å². The molecule has 26 heavy (non-hydrogen) atoms. The molecule has 1 aromatic carbocycles. The van der Waals surface area contributed by atoms with Gasteiger partial charge in [0.15, 0.2) is 0 Å². The number of halogens is 1. The van der Waals surface area contributed by atoms with Gasteiger partial charge < -0.3 is 5.73 Å². The maximum atomic E-state index is 9.81. The molecule has 1 aliphatic carbocycles. The highest BCUT2D eigenvalue weighted by Crippen LogP contribution is 2.43. The van der Waals surface area contributed by atoms with Gasteiger partial charge in [0.25, 0.3) is 0 Å². The van der Waals surface area contributed by atoms with E-state index >= 15 is 0 Å². The van der Waals surface area contributed by atoms with Gasteiger partial charge in [-0.05, 0) is 36.5 Å². The number of fused-ring (bicyclic) bond motifs is 1. The summed E-state index contributed by atoms with van der Waals surface area (Å²) in [6, 6.07) is 10.7. The van der Waals surface area contributed by atoms with Gasteiger partial charge in [0.2, 0.25) is 0 Å². The average Bonchev–Trinajstić information content (AvgIpc) is 2.63. The van der Waals surface area contributed by atoms with Crippen molar-refractivity contribution in [3.05, 3.63) is 34.9 Å². The molecular formula is C22H30ClN3. The van der Waals surface area contributed by atoms with E-state index in [4.69, 9.17) is 22.3 Å². The molecule has 0 bridgehead atoms. The SMILES string of the molecule is N#CC1C(N)=NC2CCCCCCCCCCC2C1c1ccc(Cl)cc1. The first-order chi connectivity index (χ1) is 12.7. The lowest BCUT2D eigenvalue weighted by molar-refractivity contribution is 0.267. The van der Waals surface area contributed by atoms with E-state index in [1.54, 1.807) is 0 Å². The maximum absolute atomic E-state index is 9.81. The molecule has 1 saturated carbocycles. The zero-order valence-corrected chi connectivity index (χ0v) is 16.3. The summed E-state index contributed by atoms with van der Waals surface area (Å²) < 4.78 is 0. The summed E-state index contributed by atoms with van der Waals surface area (Å²) in [6.07, 6.45) is 12.6. The Bertz CT molecular complexity index is 646. The molecule has 0 spiro atoms. The van der Waals surface area contributed by atoms with Crippen LogP contribution in [0, 0.1) is 23.2 Å². The Morgan fingerprint density at radius 3 is 2.12 bits per heavy atom. The summed E-state index contributed by atoms with van der Waals surface area (Å²) >= 11 is 6.09. The normalized spacial score (nSPS) is 30.8. The van der Waals surface area contributed by atoms with E-state index in [9.17, 15) is 5.26 Å². The van der Waals surface area contributed by atoms with Gasteiger partial charge in [0.1, 0.15) is 11.8 Å². The van der Waals surface area contributed by atoms with Crippen LogP contribution < -0.4 is 5.73 Å². The Kier molecular flexibility index (Phi) is 6.97. The predicted molar refractivity (Wildman–Crippen MR) is 108 cm³/mol. The molecule has 3 rings (SSSR count). The Hall–Kier alpha value is -1.53. The highest BCUT2D eigenvalue weighted by molar-refractivity contribution is 6.30. The second kappa shape index (κ2) is 9.42. The van der Waals surface area contributed by atoms with Crippen LogP contribution in [0.4, 0.5) is 0 Å². The monoisotopic (exact) mass is 371 g/mol. The fourth-order valence-electron chi connectivity index (χ4n) is 4.75. The van der Waals surface area contributed by atoms with Crippen LogP contribution in [-0.4, -0.2) is 11.9 Å². The lowest BCUT2D eigenvalue weighted by Gasteiger charge is -2.39. The number of rotatable bonds is 1. The molecule has 2 aliphatic rings. The number of nitriles is 1. The molecule has 1 fully saturated rings. The molecule has 4 atom stereocenters. The van der Waals surface area contributed by atoms with Crippen molar-refractivity contribution in [2.45, 2.75) is 76.2 Å². The molecule has 4 unspecified atom stereocenters. The molecule has 3 nitrogen and oxygen atoms in total. The van der Waals surface area contributed by atoms with Crippen LogP contribution in [0.1, 0.15) is 75.7 Å². The first-order valence-corrected chi connectivity index (χ1v) is 10.6. The molecule has 0 aromatic heterocycles. The van der Waals surface area contributed by atoms with Crippen molar-refractivity contribution in [1.29, 1.82) is 5.26 Å². The third kappa shape index (κ3) is 4.60. The molecule has 0 amide bonds. The van der Waals surface area contributed by atoms with Crippen LogP contribution in [0.2, 0.25) is 5.02 Å². The summed E-state index contributed by atoms with van der Waals surface area (Å²) in [5, 5.41) is 10.5. The Morgan fingerprint density at radius 2 is 1.50 bits per heavy atom. The summed E-state index contributed by atoms with van der Waals surface area (Å²) in [5.74, 6) is 0.724. The first kappa shape index (κ1) is 19.2. The number of benzene rings is 1. The topological polar surface area (TPSA) is 62.2 Å². The van der Waals surface area contributed by atoms with Gasteiger partial charge in [-0.25, -0.2) is 0 Å². The van der Waals surface area contributed by atoms with Gasteiger partial charge in [0, 0.05) is 10.9 Å². The Labute approximate surface area is 162 Å². The fraction of sp³-hybridized carbons (Fsp3) is 0.636. The van der Waals surface area contributed by atoms with E-state index in [-0.39, 0.29) is 17.9 Å². The molecule has 2 N–H and O–H groups in total.